The average Bonchev–Trinajstić information content (AvgIpc) is 2.14. The lowest BCUT2D eigenvalue weighted by atomic mass is 10.2. The van der Waals surface area contributed by atoms with Crippen LogP contribution in [0.5, 0.6) is 0 Å². The van der Waals surface area contributed by atoms with Crippen molar-refractivity contribution in [1.82, 2.24) is 4.90 Å². The third kappa shape index (κ3) is 5.60. The highest BCUT2D eigenvalue weighted by Crippen LogP contribution is 1.98. The molecule has 0 saturated carbocycles. The van der Waals surface area contributed by atoms with E-state index in [0.717, 1.165) is 6.42 Å². The van der Waals surface area contributed by atoms with Crippen LogP contribution in [-0.2, 0) is 4.79 Å². The highest BCUT2D eigenvalue weighted by molar-refractivity contribution is 5.76. The summed E-state index contributed by atoms with van der Waals surface area (Å²) in [6, 6.07) is 0. The number of rotatable bonds is 7. The number of nitrogens with zero attached hydrogens (tertiary/aromatic N) is 1. The molecule has 0 fully saturated rings. The zero-order chi connectivity index (χ0) is 10.1. The van der Waals surface area contributed by atoms with Gasteiger partial charge in [-0.2, -0.15) is 0 Å². The van der Waals surface area contributed by atoms with Crippen LogP contribution in [0.25, 0.3) is 0 Å². The maximum atomic E-state index is 11.4. The lowest BCUT2D eigenvalue weighted by molar-refractivity contribution is -0.132. The van der Waals surface area contributed by atoms with E-state index in [9.17, 15) is 4.79 Å². The third-order valence-electron chi connectivity index (χ3n) is 1.76. The second kappa shape index (κ2) is 8.01. The van der Waals surface area contributed by atoms with Gasteiger partial charge in [0.2, 0.25) is 5.91 Å². The van der Waals surface area contributed by atoms with Gasteiger partial charge in [0.05, 0.1) is 6.61 Å². The molecule has 0 aromatic carbocycles. The Morgan fingerprint density at radius 2 is 1.92 bits per heavy atom. The van der Waals surface area contributed by atoms with Crippen LogP contribution >= 0.6 is 0 Å². The largest absolute Gasteiger partial charge is 0.396 e. The summed E-state index contributed by atoms with van der Waals surface area (Å²) in [6.07, 6.45) is 1.77. The van der Waals surface area contributed by atoms with E-state index in [4.69, 9.17) is 10.2 Å². The highest BCUT2D eigenvalue weighted by atomic mass is 16.3. The van der Waals surface area contributed by atoms with E-state index in [2.05, 4.69) is 0 Å². The quantitative estimate of drug-likeness (QED) is 0.592. The molecule has 4 heteroatoms. The van der Waals surface area contributed by atoms with Crippen LogP contribution in [0.1, 0.15) is 26.2 Å². The van der Waals surface area contributed by atoms with Gasteiger partial charge in [0, 0.05) is 26.1 Å². The predicted octanol–water partition coefficient (Wildman–Crippen LogP) is -0.0102. The summed E-state index contributed by atoms with van der Waals surface area (Å²) in [6.45, 7) is 3.13. The van der Waals surface area contributed by atoms with Crippen molar-refractivity contribution in [2.45, 2.75) is 26.2 Å². The van der Waals surface area contributed by atoms with E-state index in [1.807, 2.05) is 6.92 Å². The van der Waals surface area contributed by atoms with E-state index in [1.165, 1.54) is 0 Å². The fourth-order valence-corrected chi connectivity index (χ4v) is 1.14. The fraction of sp³-hybridized carbons (Fsp3) is 0.889. The van der Waals surface area contributed by atoms with E-state index in [0.29, 0.717) is 25.9 Å². The van der Waals surface area contributed by atoms with Crippen LogP contribution in [-0.4, -0.2) is 47.3 Å². The average molecular weight is 189 g/mol. The molecular formula is C9H19NO3. The van der Waals surface area contributed by atoms with Crippen molar-refractivity contribution >= 4 is 5.91 Å². The van der Waals surface area contributed by atoms with Crippen LogP contribution in [0.2, 0.25) is 0 Å². The van der Waals surface area contributed by atoms with Crippen molar-refractivity contribution in [3.8, 4) is 0 Å². The Morgan fingerprint density at radius 1 is 1.23 bits per heavy atom. The number of aliphatic hydroxyl groups is 2. The van der Waals surface area contributed by atoms with Gasteiger partial charge in [-0.1, -0.05) is 6.92 Å². The molecule has 0 rings (SSSR count). The summed E-state index contributed by atoms with van der Waals surface area (Å²) in [5.74, 6) is 0.0185. The van der Waals surface area contributed by atoms with Crippen molar-refractivity contribution < 1.29 is 15.0 Å². The first-order chi connectivity index (χ1) is 6.26. The van der Waals surface area contributed by atoms with E-state index < -0.39 is 0 Å². The minimum absolute atomic E-state index is 0.00483. The molecule has 0 aliphatic carbocycles. The molecule has 0 aliphatic rings. The predicted molar refractivity (Wildman–Crippen MR) is 50.3 cm³/mol. The molecule has 0 radical (unpaired) electrons. The van der Waals surface area contributed by atoms with Gasteiger partial charge < -0.3 is 15.1 Å². The van der Waals surface area contributed by atoms with Gasteiger partial charge in [-0.3, -0.25) is 4.79 Å². The van der Waals surface area contributed by atoms with Crippen LogP contribution in [0, 0.1) is 0 Å². The first-order valence-corrected chi connectivity index (χ1v) is 4.75. The van der Waals surface area contributed by atoms with Crippen LogP contribution in [0.4, 0.5) is 0 Å². The Labute approximate surface area is 79.2 Å². The van der Waals surface area contributed by atoms with Crippen molar-refractivity contribution in [3.05, 3.63) is 0 Å². The molecule has 0 aromatic rings. The smallest absolute Gasteiger partial charge is 0.222 e. The first kappa shape index (κ1) is 12.4. The second-order valence-electron chi connectivity index (χ2n) is 2.93. The number of amides is 1. The topological polar surface area (TPSA) is 60.8 Å². The molecule has 13 heavy (non-hydrogen) atoms. The summed E-state index contributed by atoms with van der Waals surface area (Å²) in [5.41, 5.74) is 0. The molecule has 0 bridgehead atoms. The van der Waals surface area contributed by atoms with E-state index in [1.54, 1.807) is 4.90 Å². The normalized spacial score (nSPS) is 10.1. The van der Waals surface area contributed by atoms with Crippen LogP contribution < -0.4 is 0 Å². The summed E-state index contributed by atoms with van der Waals surface area (Å²) < 4.78 is 0. The van der Waals surface area contributed by atoms with Crippen molar-refractivity contribution in [3.63, 3.8) is 0 Å². The molecule has 0 unspecified atom stereocenters. The number of carbonyl (C=O) groups excluding carboxylic acids is 1. The lowest BCUT2D eigenvalue weighted by Gasteiger charge is -2.20. The summed E-state index contributed by atoms with van der Waals surface area (Å²) in [4.78, 5) is 13.0. The van der Waals surface area contributed by atoms with Gasteiger partial charge in [0.1, 0.15) is 0 Å². The minimum atomic E-state index is 0.00483. The van der Waals surface area contributed by atoms with Crippen LogP contribution in [0.3, 0.4) is 0 Å². The Hall–Kier alpha value is -0.610. The van der Waals surface area contributed by atoms with Gasteiger partial charge in [-0.15, -0.1) is 0 Å². The third-order valence-corrected chi connectivity index (χ3v) is 1.76. The molecule has 0 saturated heterocycles. The Kier molecular flexibility index (Phi) is 7.63. The maximum absolute atomic E-state index is 11.4. The number of carbonyl (C=O) groups is 1. The number of hydrogen-bond acceptors (Lipinski definition) is 3. The van der Waals surface area contributed by atoms with E-state index in [-0.39, 0.29) is 19.1 Å². The van der Waals surface area contributed by atoms with Crippen molar-refractivity contribution in [2.75, 3.05) is 26.3 Å². The van der Waals surface area contributed by atoms with Crippen LogP contribution in [0.15, 0.2) is 0 Å². The summed E-state index contributed by atoms with van der Waals surface area (Å²) in [5, 5.41) is 17.2. The Balaban J connectivity index is 3.80. The molecule has 0 spiro atoms. The molecule has 0 heterocycles. The Bertz CT molecular complexity index is 133. The molecule has 78 valence electrons. The standard InChI is InChI=1S/C9H19NO3/c1-2-5-10(6-8-12)9(13)4-3-7-11/h11-12H,2-8H2,1H3. The van der Waals surface area contributed by atoms with Gasteiger partial charge in [-0.25, -0.2) is 0 Å². The zero-order valence-electron chi connectivity index (χ0n) is 8.20. The number of hydrogen-bond donors (Lipinski definition) is 2. The molecule has 4 nitrogen and oxygen atoms in total. The molecule has 1 amide bonds. The zero-order valence-corrected chi connectivity index (χ0v) is 8.20. The summed E-state index contributed by atoms with van der Waals surface area (Å²) in [7, 11) is 0. The van der Waals surface area contributed by atoms with Crippen molar-refractivity contribution in [1.29, 1.82) is 0 Å². The molecule has 0 aromatic heterocycles. The Morgan fingerprint density at radius 3 is 2.38 bits per heavy atom. The molecule has 0 atom stereocenters. The monoisotopic (exact) mass is 189 g/mol. The fourth-order valence-electron chi connectivity index (χ4n) is 1.14. The number of aliphatic hydroxyl groups excluding tert-OH is 2. The molecule has 2 N–H and O–H groups in total. The van der Waals surface area contributed by atoms with Gasteiger partial charge in [-0.05, 0) is 12.8 Å². The highest BCUT2D eigenvalue weighted by Gasteiger charge is 2.10. The summed E-state index contributed by atoms with van der Waals surface area (Å²) >= 11 is 0. The SMILES string of the molecule is CCCN(CCO)C(=O)CCCO. The van der Waals surface area contributed by atoms with Gasteiger partial charge in [0.15, 0.2) is 0 Å². The first-order valence-electron chi connectivity index (χ1n) is 4.75. The van der Waals surface area contributed by atoms with Crippen molar-refractivity contribution in [2.24, 2.45) is 0 Å². The molecular weight excluding hydrogens is 170 g/mol. The maximum Gasteiger partial charge on any atom is 0.222 e. The molecule has 0 aliphatic heterocycles. The lowest BCUT2D eigenvalue weighted by Crippen LogP contribution is -2.34. The minimum Gasteiger partial charge on any atom is -0.396 e. The van der Waals surface area contributed by atoms with Gasteiger partial charge in [0.25, 0.3) is 0 Å². The van der Waals surface area contributed by atoms with Gasteiger partial charge >= 0.3 is 0 Å². The second-order valence-corrected chi connectivity index (χ2v) is 2.93. The van der Waals surface area contributed by atoms with E-state index >= 15 is 0 Å².